The lowest BCUT2D eigenvalue weighted by Crippen LogP contribution is -2.42. The molecule has 1 fully saturated rings. The summed E-state index contributed by atoms with van der Waals surface area (Å²) in [5.74, 6) is 0.875. The van der Waals surface area contributed by atoms with Crippen molar-refractivity contribution in [3.63, 3.8) is 0 Å². The quantitative estimate of drug-likeness (QED) is 0.556. The number of nitrogens with one attached hydrogen (secondary N) is 2. The molecule has 0 spiro atoms. The third-order valence-electron chi connectivity index (χ3n) is 5.17. The highest BCUT2D eigenvalue weighted by Crippen LogP contribution is 2.08. The molecule has 0 saturated carbocycles. The number of rotatable bonds is 7. The molecule has 152 valence electrons. The standard InChI is InChI=1S/C21H33N7/c1-22-21(24-12-16-27-14-4-13-26(2)17-18-27)23-11-9-19-5-7-20(8-6-19)28-15-3-10-25-28/h3,5-8,10,15H,4,9,11-14,16-18H2,1-2H3,(H2,22,23,24). The monoisotopic (exact) mass is 383 g/mol. The number of likely N-dealkylation sites (N-methyl/N-ethyl adjacent to an activating group) is 1. The van der Waals surface area contributed by atoms with Gasteiger partial charge < -0.3 is 20.4 Å². The first kappa shape index (κ1) is 20.4. The summed E-state index contributed by atoms with van der Waals surface area (Å²) in [4.78, 5) is 9.28. The first-order valence-electron chi connectivity index (χ1n) is 10.2. The van der Waals surface area contributed by atoms with E-state index >= 15 is 0 Å². The van der Waals surface area contributed by atoms with Gasteiger partial charge in [0.05, 0.1) is 5.69 Å². The first-order valence-corrected chi connectivity index (χ1v) is 10.2. The van der Waals surface area contributed by atoms with Crippen molar-refractivity contribution in [2.45, 2.75) is 12.8 Å². The van der Waals surface area contributed by atoms with E-state index in [1.54, 1.807) is 6.20 Å². The van der Waals surface area contributed by atoms with Crippen molar-refractivity contribution in [2.75, 3.05) is 59.9 Å². The summed E-state index contributed by atoms with van der Waals surface area (Å²) in [6.45, 7) is 7.54. The van der Waals surface area contributed by atoms with Crippen LogP contribution in [-0.2, 0) is 6.42 Å². The molecule has 0 atom stereocenters. The molecule has 1 aliphatic heterocycles. The van der Waals surface area contributed by atoms with Gasteiger partial charge in [-0.1, -0.05) is 12.1 Å². The molecule has 0 aliphatic carbocycles. The Kier molecular flexibility index (Phi) is 7.87. The maximum atomic E-state index is 4.34. The van der Waals surface area contributed by atoms with Gasteiger partial charge in [0.2, 0.25) is 0 Å². The van der Waals surface area contributed by atoms with Gasteiger partial charge >= 0.3 is 0 Å². The molecule has 0 bridgehead atoms. The van der Waals surface area contributed by atoms with Crippen LogP contribution in [0.1, 0.15) is 12.0 Å². The van der Waals surface area contributed by atoms with Crippen molar-refractivity contribution in [3.05, 3.63) is 48.3 Å². The zero-order valence-electron chi connectivity index (χ0n) is 17.1. The molecule has 0 unspecified atom stereocenters. The van der Waals surface area contributed by atoms with Gasteiger partial charge in [-0.05, 0) is 56.7 Å². The Morgan fingerprint density at radius 1 is 1.07 bits per heavy atom. The molecule has 3 rings (SSSR count). The molecule has 1 aromatic heterocycles. The molecular formula is C21H33N7. The maximum Gasteiger partial charge on any atom is 0.191 e. The summed E-state index contributed by atoms with van der Waals surface area (Å²) >= 11 is 0. The molecule has 7 heteroatoms. The summed E-state index contributed by atoms with van der Waals surface area (Å²) in [5.41, 5.74) is 2.38. The van der Waals surface area contributed by atoms with E-state index in [0.717, 1.165) is 50.8 Å². The smallest absolute Gasteiger partial charge is 0.191 e. The van der Waals surface area contributed by atoms with Crippen LogP contribution in [0.5, 0.6) is 0 Å². The molecule has 7 nitrogen and oxygen atoms in total. The van der Waals surface area contributed by atoms with Crippen LogP contribution in [0.15, 0.2) is 47.7 Å². The topological polar surface area (TPSA) is 60.7 Å². The van der Waals surface area contributed by atoms with Gasteiger partial charge in [0.1, 0.15) is 0 Å². The summed E-state index contributed by atoms with van der Waals surface area (Å²) in [7, 11) is 4.04. The largest absolute Gasteiger partial charge is 0.356 e. The Hall–Kier alpha value is -2.38. The molecule has 1 aromatic carbocycles. The second kappa shape index (κ2) is 10.8. The third kappa shape index (κ3) is 6.35. The zero-order valence-corrected chi connectivity index (χ0v) is 17.1. The Bertz CT molecular complexity index is 709. The Morgan fingerprint density at radius 2 is 1.89 bits per heavy atom. The Morgan fingerprint density at radius 3 is 2.64 bits per heavy atom. The van der Waals surface area contributed by atoms with Gasteiger partial charge in [-0.3, -0.25) is 4.99 Å². The Labute approximate surface area is 168 Å². The van der Waals surface area contributed by atoms with Gasteiger partial charge in [0.15, 0.2) is 5.96 Å². The van der Waals surface area contributed by atoms with Gasteiger partial charge in [-0.2, -0.15) is 5.10 Å². The average molecular weight is 384 g/mol. The normalized spacial score (nSPS) is 16.7. The van der Waals surface area contributed by atoms with Crippen LogP contribution in [0.3, 0.4) is 0 Å². The molecule has 2 N–H and O–H groups in total. The minimum atomic E-state index is 0.856. The van der Waals surface area contributed by atoms with Crippen LogP contribution < -0.4 is 10.6 Å². The van der Waals surface area contributed by atoms with Crippen molar-refractivity contribution in [3.8, 4) is 5.69 Å². The average Bonchev–Trinajstić information content (AvgIpc) is 3.18. The van der Waals surface area contributed by atoms with Crippen molar-refractivity contribution in [1.29, 1.82) is 0 Å². The fourth-order valence-electron chi connectivity index (χ4n) is 3.44. The van der Waals surface area contributed by atoms with Gasteiger partial charge in [0.25, 0.3) is 0 Å². The predicted octanol–water partition coefficient (Wildman–Crippen LogP) is 1.22. The minimum absolute atomic E-state index is 0.856. The number of benzene rings is 1. The van der Waals surface area contributed by atoms with Crippen LogP contribution in [-0.4, -0.2) is 85.4 Å². The third-order valence-corrected chi connectivity index (χ3v) is 5.17. The maximum absolute atomic E-state index is 4.34. The Balaban J connectivity index is 1.35. The van der Waals surface area contributed by atoms with Crippen LogP contribution in [0, 0.1) is 0 Å². The molecule has 2 aromatic rings. The highest BCUT2D eigenvalue weighted by molar-refractivity contribution is 5.79. The van der Waals surface area contributed by atoms with Crippen molar-refractivity contribution < 1.29 is 0 Å². The van der Waals surface area contributed by atoms with E-state index in [0.29, 0.717) is 0 Å². The van der Waals surface area contributed by atoms with Crippen LogP contribution in [0.4, 0.5) is 0 Å². The number of nitrogens with zero attached hydrogens (tertiary/aromatic N) is 5. The van der Waals surface area contributed by atoms with E-state index in [4.69, 9.17) is 0 Å². The van der Waals surface area contributed by atoms with Gasteiger partial charge in [-0.15, -0.1) is 0 Å². The molecule has 0 amide bonds. The van der Waals surface area contributed by atoms with Crippen LogP contribution in [0.2, 0.25) is 0 Å². The lowest BCUT2D eigenvalue weighted by molar-refractivity contribution is 0.280. The van der Waals surface area contributed by atoms with E-state index in [1.165, 1.54) is 25.1 Å². The number of aromatic nitrogens is 2. The predicted molar refractivity (Wildman–Crippen MR) is 115 cm³/mol. The van der Waals surface area contributed by atoms with Crippen LogP contribution in [0.25, 0.3) is 5.69 Å². The lowest BCUT2D eigenvalue weighted by Gasteiger charge is -2.21. The summed E-state index contributed by atoms with van der Waals surface area (Å²) in [6, 6.07) is 10.5. The van der Waals surface area contributed by atoms with E-state index in [-0.39, 0.29) is 0 Å². The van der Waals surface area contributed by atoms with Gasteiger partial charge in [0, 0.05) is 52.2 Å². The first-order chi connectivity index (χ1) is 13.7. The van der Waals surface area contributed by atoms with Crippen molar-refractivity contribution in [1.82, 2.24) is 30.2 Å². The lowest BCUT2D eigenvalue weighted by atomic mass is 10.1. The van der Waals surface area contributed by atoms with Gasteiger partial charge in [-0.25, -0.2) is 4.68 Å². The van der Waals surface area contributed by atoms with E-state index in [2.05, 4.69) is 61.8 Å². The molecule has 0 radical (unpaired) electrons. The second-order valence-electron chi connectivity index (χ2n) is 7.29. The molecule has 28 heavy (non-hydrogen) atoms. The fraction of sp³-hybridized carbons (Fsp3) is 0.524. The molecule has 2 heterocycles. The van der Waals surface area contributed by atoms with E-state index in [1.807, 2.05) is 24.0 Å². The van der Waals surface area contributed by atoms with E-state index < -0.39 is 0 Å². The van der Waals surface area contributed by atoms with Crippen molar-refractivity contribution >= 4 is 5.96 Å². The highest BCUT2D eigenvalue weighted by atomic mass is 15.3. The van der Waals surface area contributed by atoms with E-state index in [9.17, 15) is 0 Å². The van der Waals surface area contributed by atoms with Crippen molar-refractivity contribution in [2.24, 2.45) is 4.99 Å². The zero-order chi connectivity index (χ0) is 19.6. The summed E-state index contributed by atoms with van der Waals surface area (Å²) < 4.78 is 1.87. The van der Waals surface area contributed by atoms with Crippen LogP contribution >= 0.6 is 0 Å². The number of hydrogen-bond acceptors (Lipinski definition) is 4. The number of hydrogen-bond donors (Lipinski definition) is 2. The SMILES string of the molecule is CN=C(NCCc1ccc(-n2cccn2)cc1)NCCN1CCCN(C)CC1. The minimum Gasteiger partial charge on any atom is -0.356 e. The summed E-state index contributed by atoms with van der Waals surface area (Å²) in [6.07, 6.45) is 5.96. The summed E-state index contributed by atoms with van der Waals surface area (Å²) in [5, 5.41) is 11.1. The highest BCUT2D eigenvalue weighted by Gasteiger charge is 2.11. The second-order valence-corrected chi connectivity index (χ2v) is 7.29. The molecule has 1 aliphatic rings. The number of aliphatic imine (C=N–C) groups is 1. The molecular weight excluding hydrogens is 350 g/mol. The molecule has 1 saturated heterocycles. The fourth-order valence-corrected chi connectivity index (χ4v) is 3.44. The number of guanidine groups is 1.